The molecule has 0 aliphatic rings. The summed E-state index contributed by atoms with van der Waals surface area (Å²) in [5, 5.41) is 35.1. The van der Waals surface area contributed by atoms with Crippen molar-refractivity contribution in [1.29, 1.82) is 0 Å². The van der Waals surface area contributed by atoms with Gasteiger partial charge in [0.25, 0.3) is 0 Å². The number of hydrogen-bond donors (Lipinski definition) is 7. The number of hydrogen-bond acceptors (Lipinski definition) is 7. The van der Waals surface area contributed by atoms with Crippen molar-refractivity contribution in [1.82, 2.24) is 25.9 Å². The first-order valence-corrected chi connectivity index (χ1v) is 10.2. The van der Waals surface area contributed by atoms with Crippen LogP contribution < -0.4 is 16.0 Å². The zero-order valence-electron chi connectivity index (χ0n) is 17.9. The summed E-state index contributed by atoms with van der Waals surface area (Å²) in [7, 11) is 0. The molecule has 0 fully saturated rings. The summed E-state index contributed by atoms with van der Waals surface area (Å²) in [6.45, 7) is 0.804. The van der Waals surface area contributed by atoms with E-state index in [-0.39, 0.29) is 25.0 Å². The van der Waals surface area contributed by atoms with Gasteiger partial charge in [-0.2, -0.15) is 0 Å². The van der Waals surface area contributed by atoms with Crippen LogP contribution in [0.1, 0.15) is 24.6 Å². The van der Waals surface area contributed by atoms with Gasteiger partial charge in [0.2, 0.25) is 17.7 Å². The van der Waals surface area contributed by atoms with E-state index in [1.54, 1.807) is 12.1 Å². The molecule has 33 heavy (non-hydrogen) atoms. The molecule has 0 saturated heterocycles. The van der Waals surface area contributed by atoms with Crippen molar-refractivity contribution in [2.75, 3.05) is 6.54 Å². The predicted molar refractivity (Wildman–Crippen MR) is 115 cm³/mol. The third kappa shape index (κ3) is 8.99. The number of carboxylic acid groups (broad SMARTS) is 1. The van der Waals surface area contributed by atoms with Gasteiger partial charge in [-0.15, -0.1) is 0 Å². The van der Waals surface area contributed by atoms with Crippen LogP contribution in [-0.2, 0) is 32.0 Å². The third-order valence-corrected chi connectivity index (χ3v) is 4.53. The maximum atomic E-state index is 13.1. The lowest BCUT2D eigenvalue weighted by Crippen LogP contribution is -2.55. The fourth-order valence-corrected chi connectivity index (χ4v) is 2.98. The van der Waals surface area contributed by atoms with Gasteiger partial charge in [-0.1, -0.05) is 12.1 Å². The Labute approximate surface area is 189 Å². The number of amides is 3. The maximum Gasteiger partial charge on any atom is 0.322 e. The second-order valence-electron chi connectivity index (χ2n) is 7.50. The molecule has 0 spiro atoms. The van der Waals surface area contributed by atoms with Gasteiger partial charge in [-0.05, 0) is 24.6 Å². The molecule has 12 heteroatoms. The Morgan fingerprint density at radius 2 is 1.70 bits per heavy atom. The van der Waals surface area contributed by atoms with E-state index in [9.17, 15) is 29.4 Å². The fourth-order valence-electron chi connectivity index (χ4n) is 2.98. The Morgan fingerprint density at radius 3 is 2.27 bits per heavy atom. The summed E-state index contributed by atoms with van der Waals surface area (Å²) >= 11 is 0. The number of rotatable bonds is 12. The Hall–Kier alpha value is -3.93. The van der Waals surface area contributed by atoms with Gasteiger partial charge in [0.1, 0.15) is 24.4 Å². The van der Waals surface area contributed by atoms with Crippen LogP contribution in [0.5, 0.6) is 5.75 Å². The average Bonchev–Trinajstić information content (AvgIpc) is 3.25. The van der Waals surface area contributed by atoms with E-state index in [0.717, 1.165) is 0 Å². The van der Waals surface area contributed by atoms with Crippen LogP contribution in [0.2, 0.25) is 0 Å². The van der Waals surface area contributed by atoms with E-state index in [1.807, 2.05) is 0 Å². The number of nitrogens with zero attached hydrogens (tertiary/aromatic N) is 1. The quantitative estimate of drug-likeness (QED) is 0.206. The molecule has 3 amide bonds. The molecule has 0 aliphatic carbocycles. The fraction of sp³-hybridized carbons (Fsp3) is 0.381. The van der Waals surface area contributed by atoms with Crippen LogP contribution in [0.25, 0.3) is 0 Å². The molecule has 3 unspecified atom stereocenters. The highest BCUT2D eigenvalue weighted by molar-refractivity contribution is 5.93. The highest BCUT2D eigenvalue weighted by Crippen LogP contribution is 2.12. The molecule has 0 bridgehead atoms. The molecule has 1 heterocycles. The highest BCUT2D eigenvalue weighted by atomic mass is 16.4. The first-order valence-electron chi connectivity index (χ1n) is 10.2. The summed E-state index contributed by atoms with van der Waals surface area (Å²) in [5.74, 6) is -3.18. The molecular weight excluding hydrogens is 434 g/mol. The van der Waals surface area contributed by atoms with Gasteiger partial charge in [0.15, 0.2) is 0 Å². The normalized spacial score (nSPS) is 13.4. The summed E-state index contributed by atoms with van der Waals surface area (Å²) in [5.41, 5.74) is 1.16. The summed E-state index contributed by atoms with van der Waals surface area (Å²) in [6.07, 6.45) is 1.76. The third-order valence-electron chi connectivity index (χ3n) is 4.53. The number of H-pyrrole nitrogens is 1. The molecule has 1 aromatic carbocycles. The van der Waals surface area contributed by atoms with E-state index < -0.39 is 48.4 Å². The minimum atomic E-state index is -1.24. The van der Waals surface area contributed by atoms with E-state index in [1.165, 1.54) is 31.6 Å². The smallest absolute Gasteiger partial charge is 0.322 e. The molecule has 178 valence electrons. The van der Waals surface area contributed by atoms with E-state index >= 15 is 0 Å². The van der Waals surface area contributed by atoms with Gasteiger partial charge in [0, 0.05) is 24.7 Å². The summed E-state index contributed by atoms with van der Waals surface area (Å²) in [4.78, 5) is 55.3. The molecule has 12 nitrogen and oxygen atoms in total. The molecule has 0 aliphatic heterocycles. The molecular formula is C21H27N5O7. The van der Waals surface area contributed by atoms with Crippen molar-refractivity contribution in [3.8, 4) is 5.75 Å². The average molecular weight is 461 g/mol. The zero-order chi connectivity index (χ0) is 24.4. The Kier molecular flexibility index (Phi) is 9.36. The van der Waals surface area contributed by atoms with Crippen molar-refractivity contribution in [2.45, 2.75) is 44.4 Å². The number of aliphatic carboxylic acids is 1. The number of imidazole rings is 1. The standard InChI is InChI=1S/C21H27N5O7/c1-12(27)6-18(29)25-16(7-13-2-4-15(28)5-3-13)21(33)26-17(8-14-9-22-11-24-14)20(32)23-10-19(30)31/h2-5,9,11-12,16-17,27-28H,6-8,10H2,1H3,(H,22,24)(H,23,32)(H,25,29)(H,26,33)(H,30,31). The summed E-state index contributed by atoms with van der Waals surface area (Å²) in [6, 6.07) is 3.78. The monoisotopic (exact) mass is 461 g/mol. The number of benzene rings is 1. The highest BCUT2D eigenvalue weighted by Gasteiger charge is 2.28. The van der Waals surface area contributed by atoms with Crippen LogP contribution in [0, 0.1) is 0 Å². The molecule has 3 atom stereocenters. The van der Waals surface area contributed by atoms with Crippen LogP contribution in [-0.4, -0.2) is 73.7 Å². The number of nitrogens with one attached hydrogen (secondary N) is 4. The van der Waals surface area contributed by atoms with Gasteiger partial charge in [-0.25, -0.2) is 4.98 Å². The topological polar surface area (TPSA) is 194 Å². The van der Waals surface area contributed by atoms with Crippen molar-refractivity contribution in [3.05, 3.63) is 48.0 Å². The number of aromatic hydroxyl groups is 1. The van der Waals surface area contributed by atoms with Crippen LogP contribution >= 0.6 is 0 Å². The van der Waals surface area contributed by atoms with Crippen LogP contribution in [0.3, 0.4) is 0 Å². The number of aliphatic hydroxyl groups excluding tert-OH is 1. The van der Waals surface area contributed by atoms with Gasteiger partial charge in [0.05, 0.1) is 18.9 Å². The number of phenolic OH excluding ortho intramolecular Hbond substituents is 1. The number of carbonyl (C=O) groups is 4. The SMILES string of the molecule is CC(O)CC(=O)NC(Cc1ccc(O)cc1)C(=O)NC(Cc1cnc[nH]1)C(=O)NCC(=O)O. The number of phenols is 1. The lowest BCUT2D eigenvalue weighted by molar-refractivity contribution is -0.138. The van der Waals surface area contributed by atoms with E-state index in [0.29, 0.717) is 11.3 Å². The molecule has 2 aromatic rings. The Morgan fingerprint density at radius 1 is 1.03 bits per heavy atom. The predicted octanol–water partition coefficient (Wildman–Crippen LogP) is -1.16. The molecule has 0 saturated carbocycles. The second-order valence-corrected chi connectivity index (χ2v) is 7.50. The second kappa shape index (κ2) is 12.2. The largest absolute Gasteiger partial charge is 0.508 e. The summed E-state index contributed by atoms with van der Waals surface area (Å²) < 4.78 is 0. The first kappa shape index (κ1) is 25.3. The van der Waals surface area contributed by atoms with Gasteiger partial charge < -0.3 is 36.3 Å². The zero-order valence-corrected chi connectivity index (χ0v) is 17.9. The van der Waals surface area contributed by atoms with Crippen LogP contribution in [0.4, 0.5) is 0 Å². The lowest BCUT2D eigenvalue weighted by Gasteiger charge is -2.23. The van der Waals surface area contributed by atoms with Crippen molar-refractivity contribution >= 4 is 23.7 Å². The first-order chi connectivity index (χ1) is 15.6. The minimum absolute atomic E-state index is 0.00470. The number of carboxylic acids is 1. The molecule has 0 radical (unpaired) electrons. The molecule has 2 rings (SSSR count). The van der Waals surface area contributed by atoms with Gasteiger partial charge >= 0.3 is 5.97 Å². The molecule has 1 aromatic heterocycles. The van der Waals surface area contributed by atoms with Crippen LogP contribution in [0.15, 0.2) is 36.8 Å². The number of aliphatic hydroxyl groups is 1. The van der Waals surface area contributed by atoms with E-state index in [2.05, 4.69) is 25.9 Å². The van der Waals surface area contributed by atoms with Gasteiger partial charge in [-0.3, -0.25) is 19.2 Å². The van der Waals surface area contributed by atoms with Crippen molar-refractivity contribution < 1.29 is 34.5 Å². The van der Waals surface area contributed by atoms with Crippen molar-refractivity contribution in [2.24, 2.45) is 0 Å². The lowest BCUT2D eigenvalue weighted by atomic mass is 10.0. The van der Waals surface area contributed by atoms with Crippen molar-refractivity contribution in [3.63, 3.8) is 0 Å². The molecule has 7 N–H and O–H groups in total. The Balaban J connectivity index is 2.19. The Bertz CT molecular complexity index is 944. The van der Waals surface area contributed by atoms with E-state index in [4.69, 9.17) is 5.11 Å². The maximum absolute atomic E-state index is 13.1. The number of carbonyl (C=O) groups excluding carboxylic acids is 3. The number of aromatic amines is 1. The minimum Gasteiger partial charge on any atom is -0.508 e. The number of aromatic nitrogens is 2.